The summed E-state index contributed by atoms with van der Waals surface area (Å²) in [7, 11) is -1.54. The number of primary sulfonamides is 1. The molecule has 0 amide bonds. The average molecular weight is 208 g/mol. The van der Waals surface area contributed by atoms with Gasteiger partial charge >= 0.3 is 0 Å². The van der Waals surface area contributed by atoms with Crippen LogP contribution >= 0.6 is 0 Å². The minimum Gasteiger partial charge on any atom is -0.319 e. The molecule has 80 valence electrons. The largest absolute Gasteiger partial charge is 0.319 e. The summed E-state index contributed by atoms with van der Waals surface area (Å²) in [5, 5.41) is 7.61. The van der Waals surface area contributed by atoms with E-state index in [4.69, 9.17) is 5.14 Å². The third-order valence-electron chi connectivity index (χ3n) is 2.68. The van der Waals surface area contributed by atoms with Crippen LogP contribution in [0.1, 0.15) is 20.8 Å². The number of hydrogen-bond acceptors (Lipinski definition) is 3. The van der Waals surface area contributed by atoms with Crippen molar-refractivity contribution in [2.45, 2.75) is 26.0 Å². The van der Waals surface area contributed by atoms with Crippen LogP contribution in [-0.4, -0.2) is 27.3 Å². The third kappa shape index (κ3) is 4.06. The highest BCUT2D eigenvalue weighted by molar-refractivity contribution is 7.89. The molecule has 0 radical (unpaired) electrons. The molecule has 0 spiro atoms. The Bertz CT molecular complexity index is 239. The molecule has 0 aliphatic heterocycles. The monoisotopic (exact) mass is 208 g/mol. The molecule has 0 saturated carbocycles. The number of hydrogen-bond donors (Lipinski definition) is 2. The Hall–Kier alpha value is -0.130. The first kappa shape index (κ1) is 12.9. The van der Waals surface area contributed by atoms with Gasteiger partial charge in [0.05, 0.1) is 5.25 Å². The Morgan fingerprint density at radius 2 is 1.77 bits per heavy atom. The zero-order valence-corrected chi connectivity index (χ0v) is 9.56. The fourth-order valence-electron chi connectivity index (χ4n) is 1.27. The molecule has 0 heterocycles. The van der Waals surface area contributed by atoms with Crippen molar-refractivity contribution in [3.05, 3.63) is 0 Å². The SMILES string of the molecule is CNCC(C)[C@H](C)[C@@H](C)S(N)(=O)=O. The Kier molecular flexibility index (Phi) is 4.88. The second-order valence-corrected chi connectivity index (χ2v) is 5.61. The second-order valence-electron chi connectivity index (χ2n) is 3.69. The molecule has 3 N–H and O–H groups in total. The van der Waals surface area contributed by atoms with Crippen LogP contribution in [0.15, 0.2) is 0 Å². The Morgan fingerprint density at radius 3 is 2.08 bits per heavy atom. The van der Waals surface area contributed by atoms with E-state index in [0.29, 0.717) is 5.92 Å². The predicted molar refractivity (Wildman–Crippen MR) is 54.8 cm³/mol. The van der Waals surface area contributed by atoms with E-state index in [1.807, 2.05) is 20.9 Å². The highest BCUT2D eigenvalue weighted by Crippen LogP contribution is 2.18. The Labute approximate surface area is 80.9 Å². The summed E-state index contributed by atoms with van der Waals surface area (Å²) < 4.78 is 22.1. The number of nitrogens with two attached hydrogens (primary N) is 1. The summed E-state index contributed by atoms with van der Waals surface area (Å²) in [6, 6.07) is 0. The minimum absolute atomic E-state index is 0.0717. The van der Waals surface area contributed by atoms with Gasteiger partial charge in [0.25, 0.3) is 0 Å². The molecule has 0 aromatic rings. The van der Waals surface area contributed by atoms with Gasteiger partial charge in [0.15, 0.2) is 0 Å². The van der Waals surface area contributed by atoms with Crippen molar-refractivity contribution < 1.29 is 8.42 Å². The van der Waals surface area contributed by atoms with E-state index in [1.54, 1.807) is 6.92 Å². The van der Waals surface area contributed by atoms with Crippen LogP contribution < -0.4 is 10.5 Å². The molecule has 13 heavy (non-hydrogen) atoms. The molecule has 0 aliphatic rings. The van der Waals surface area contributed by atoms with Crippen LogP contribution in [0, 0.1) is 11.8 Å². The molecule has 5 heteroatoms. The van der Waals surface area contributed by atoms with Gasteiger partial charge in [-0.25, -0.2) is 13.6 Å². The fraction of sp³-hybridized carbons (Fsp3) is 1.00. The maximum Gasteiger partial charge on any atom is 0.211 e. The molecule has 3 atom stereocenters. The summed E-state index contributed by atoms with van der Waals surface area (Å²) in [6.45, 7) is 6.40. The fourth-order valence-corrected chi connectivity index (χ4v) is 2.14. The molecule has 0 rings (SSSR count). The molecular formula is C8H20N2O2S. The molecule has 0 bridgehead atoms. The van der Waals surface area contributed by atoms with E-state index in [-0.39, 0.29) is 5.92 Å². The van der Waals surface area contributed by atoms with E-state index < -0.39 is 15.3 Å². The predicted octanol–water partition coefficient (Wildman–Crippen LogP) is 0.155. The molecule has 4 nitrogen and oxygen atoms in total. The van der Waals surface area contributed by atoms with E-state index in [9.17, 15) is 8.42 Å². The lowest BCUT2D eigenvalue weighted by Crippen LogP contribution is -2.36. The second kappa shape index (κ2) is 4.93. The highest BCUT2D eigenvalue weighted by Gasteiger charge is 2.26. The van der Waals surface area contributed by atoms with Gasteiger partial charge in [0.1, 0.15) is 0 Å². The summed E-state index contributed by atoms with van der Waals surface area (Å²) in [6.07, 6.45) is 0. The summed E-state index contributed by atoms with van der Waals surface area (Å²) in [4.78, 5) is 0. The van der Waals surface area contributed by atoms with Crippen molar-refractivity contribution in [3.63, 3.8) is 0 Å². The van der Waals surface area contributed by atoms with Gasteiger partial charge in [0.2, 0.25) is 10.0 Å². The zero-order chi connectivity index (χ0) is 10.6. The van der Waals surface area contributed by atoms with Gasteiger partial charge in [-0.2, -0.15) is 0 Å². The van der Waals surface area contributed by atoms with Crippen LogP contribution in [-0.2, 0) is 10.0 Å². The topological polar surface area (TPSA) is 72.2 Å². The average Bonchev–Trinajstić information content (AvgIpc) is 2.00. The zero-order valence-electron chi connectivity index (χ0n) is 8.74. The van der Waals surface area contributed by atoms with Crippen molar-refractivity contribution in [1.82, 2.24) is 5.32 Å². The van der Waals surface area contributed by atoms with Gasteiger partial charge in [-0.3, -0.25) is 0 Å². The smallest absolute Gasteiger partial charge is 0.211 e. The first-order valence-corrected chi connectivity index (χ1v) is 6.07. The van der Waals surface area contributed by atoms with Gasteiger partial charge < -0.3 is 5.32 Å². The van der Waals surface area contributed by atoms with Gasteiger partial charge in [0, 0.05) is 0 Å². The van der Waals surface area contributed by atoms with E-state index in [2.05, 4.69) is 5.32 Å². The molecule has 1 unspecified atom stereocenters. The maximum atomic E-state index is 11.0. The van der Waals surface area contributed by atoms with Crippen LogP contribution in [0.25, 0.3) is 0 Å². The number of rotatable bonds is 5. The minimum atomic E-state index is -3.39. The third-order valence-corrected chi connectivity index (χ3v) is 4.15. The Morgan fingerprint density at radius 1 is 1.31 bits per heavy atom. The van der Waals surface area contributed by atoms with E-state index in [0.717, 1.165) is 6.54 Å². The van der Waals surface area contributed by atoms with Crippen LogP contribution in [0.3, 0.4) is 0 Å². The lowest BCUT2D eigenvalue weighted by atomic mass is 9.93. The molecule has 0 aliphatic carbocycles. The molecule has 0 aromatic heterocycles. The summed E-state index contributed by atoms with van der Waals surface area (Å²) in [5.74, 6) is 0.376. The summed E-state index contributed by atoms with van der Waals surface area (Å²) >= 11 is 0. The first-order valence-electron chi connectivity index (χ1n) is 4.47. The van der Waals surface area contributed by atoms with Crippen LogP contribution in [0.5, 0.6) is 0 Å². The maximum absolute atomic E-state index is 11.0. The van der Waals surface area contributed by atoms with Crippen molar-refractivity contribution in [2.75, 3.05) is 13.6 Å². The van der Waals surface area contributed by atoms with E-state index in [1.165, 1.54) is 0 Å². The first-order chi connectivity index (χ1) is 5.80. The lowest BCUT2D eigenvalue weighted by molar-refractivity contribution is 0.365. The van der Waals surface area contributed by atoms with Crippen molar-refractivity contribution in [2.24, 2.45) is 17.0 Å². The van der Waals surface area contributed by atoms with Crippen molar-refractivity contribution in [1.29, 1.82) is 0 Å². The van der Waals surface area contributed by atoms with Gasteiger partial charge in [-0.1, -0.05) is 13.8 Å². The highest BCUT2D eigenvalue weighted by atomic mass is 32.2. The standard InChI is InChI=1S/C8H20N2O2S/c1-6(5-10-4)7(2)8(3)13(9,11)12/h6-8,10H,5H2,1-4H3,(H2,9,11,12)/t6?,7-,8+/m0/s1. The molecule has 0 saturated heterocycles. The normalized spacial score (nSPS) is 19.5. The lowest BCUT2D eigenvalue weighted by Gasteiger charge is -2.24. The van der Waals surface area contributed by atoms with Crippen molar-refractivity contribution >= 4 is 10.0 Å². The molecular weight excluding hydrogens is 188 g/mol. The quantitative estimate of drug-likeness (QED) is 0.676. The van der Waals surface area contributed by atoms with Crippen molar-refractivity contribution in [3.8, 4) is 0 Å². The molecule has 0 aromatic carbocycles. The van der Waals surface area contributed by atoms with Gasteiger partial charge in [-0.15, -0.1) is 0 Å². The van der Waals surface area contributed by atoms with E-state index >= 15 is 0 Å². The van der Waals surface area contributed by atoms with Crippen LogP contribution in [0.2, 0.25) is 0 Å². The van der Waals surface area contributed by atoms with Gasteiger partial charge in [-0.05, 0) is 32.4 Å². The Balaban J connectivity index is 4.34. The number of sulfonamides is 1. The molecule has 0 fully saturated rings. The van der Waals surface area contributed by atoms with Crippen LogP contribution in [0.4, 0.5) is 0 Å². The number of nitrogens with one attached hydrogen (secondary N) is 1. The summed E-state index contributed by atoms with van der Waals surface area (Å²) in [5.41, 5.74) is 0.